The molecule has 1 unspecified atom stereocenters. The molecule has 1 amide bonds. The summed E-state index contributed by atoms with van der Waals surface area (Å²) < 4.78 is 30.3. The molecule has 2 aliphatic rings. The largest absolute Gasteiger partial charge is 0.339 e. The van der Waals surface area contributed by atoms with E-state index in [4.69, 9.17) is 4.52 Å². The van der Waals surface area contributed by atoms with E-state index in [2.05, 4.69) is 15.1 Å². The summed E-state index contributed by atoms with van der Waals surface area (Å²) in [7, 11) is -3.37. The molecule has 1 spiro atoms. The first-order chi connectivity index (χ1) is 15.0. The molecule has 9 heteroatoms. The Morgan fingerprint density at radius 3 is 2.61 bits per heavy atom. The molecular weight excluding hydrogens is 416 g/mol. The molecule has 3 aromatic rings. The van der Waals surface area contributed by atoms with Crippen LogP contribution < -0.4 is 0 Å². The average Bonchev–Trinajstić information content (AvgIpc) is 3.34. The Bertz CT molecular complexity index is 1190. The number of hydrogen-bond acceptors (Lipinski definition) is 7. The van der Waals surface area contributed by atoms with Crippen LogP contribution in [0.4, 0.5) is 0 Å². The van der Waals surface area contributed by atoms with E-state index >= 15 is 0 Å². The van der Waals surface area contributed by atoms with E-state index in [1.54, 1.807) is 29.4 Å². The van der Waals surface area contributed by atoms with Crippen LogP contribution in [0, 0.1) is 0 Å². The lowest BCUT2D eigenvalue weighted by molar-refractivity contribution is -0.136. The Morgan fingerprint density at radius 1 is 1.13 bits per heavy atom. The molecule has 5 rings (SSSR count). The number of pyridine rings is 1. The first kappa shape index (κ1) is 19.9. The van der Waals surface area contributed by atoms with Crippen LogP contribution in [-0.4, -0.2) is 57.9 Å². The highest BCUT2D eigenvalue weighted by molar-refractivity contribution is 7.93. The lowest BCUT2D eigenvalue weighted by Crippen LogP contribution is -2.67. The number of aryl methyl sites for hydroxylation is 1. The minimum atomic E-state index is -3.37. The van der Waals surface area contributed by atoms with Gasteiger partial charge in [0.1, 0.15) is 4.75 Å². The van der Waals surface area contributed by atoms with Crippen molar-refractivity contribution in [2.24, 2.45) is 0 Å². The first-order valence-electron chi connectivity index (χ1n) is 10.3. The van der Waals surface area contributed by atoms with Gasteiger partial charge in [-0.3, -0.25) is 9.78 Å². The Balaban J connectivity index is 1.31. The molecule has 0 bridgehead atoms. The highest BCUT2D eigenvalue weighted by Crippen LogP contribution is 2.49. The molecule has 2 aromatic heterocycles. The number of rotatable bonds is 5. The first-order valence-corrected chi connectivity index (χ1v) is 11.9. The third-order valence-electron chi connectivity index (χ3n) is 6.35. The molecule has 0 aliphatic carbocycles. The van der Waals surface area contributed by atoms with Gasteiger partial charge in [-0.2, -0.15) is 4.98 Å². The maximum Gasteiger partial charge on any atom is 0.231 e. The van der Waals surface area contributed by atoms with Crippen LogP contribution in [0.3, 0.4) is 0 Å². The minimum absolute atomic E-state index is 0.0293. The Kier molecular flexibility index (Phi) is 4.85. The van der Waals surface area contributed by atoms with Gasteiger partial charge in [0.05, 0.1) is 11.7 Å². The third kappa shape index (κ3) is 3.42. The number of nitrogens with zero attached hydrogens (tertiary/aromatic N) is 4. The molecule has 0 N–H and O–H groups in total. The van der Waals surface area contributed by atoms with Crippen molar-refractivity contribution in [1.82, 2.24) is 20.0 Å². The average molecular weight is 439 g/mol. The van der Waals surface area contributed by atoms with E-state index in [1.807, 2.05) is 30.3 Å². The van der Waals surface area contributed by atoms with E-state index in [9.17, 15) is 13.2 Å². The van der Waals surface area contributed by atoms with Crippen molar-refractivity contribution < 1.29 is 17.7 Å². The summed E-state index contributed by atoms with van der Waals surface area (Å²) in [5.41, 5.74) is 1.85. The maximum absolute atomic E-state index is 12.9. The number of sulfone groups is 1. The number of benzene rings is 1. The molecule has 8 nitrogen and oxygen atoms in total. The number of likely N-dealkylation sites (tertiary alicyclic amines) is 1. The summed E-state index contributed by atoms with van der Waals surface area (Å²) in [6.07, 6.45) is 4.69. The Hall–Kier alpha value is -3.07. The number of carbonyl (C=O) groups is 1. The van der Waals surface area contributed by atoms with Crippen LogP contribution >= 0.6 is 0 Å². The zero-order valence-electron chi connectivity index (χ0n) is 16.8. The van der Waals surface area contributed by atoms with Gasteiger partial charge in [0.25, 0.3) is 0 Å². The van der Waals surface area contributed by atoms with E-state index in [-0.39, 0.29) is 24.7 Å². The van der Waals surface area contributed by atoms with E-state index < -0.39 is 20.5 Å². The second-order valence-electron chi connectivity index (χ2n) is 8.15. The van der Waals surface area contributed by atoms with Crippen molar-refractivity contribution >= 4 is 15.7 Å². The molecule has 160 valence electrons. The lowest BCUT2D eigenvalue weighted by Gasteiger charge is -2.49. The minimum Gasteiger partial charge on any atom is -0.339 e. The van der Waals surface area contributed by atoms with Crippen molar-refractivity contribution in [3.05, 3.63) is 66.3 Å². The highest BCUT2D eigenvalue weighted by atomic mass is 32.2. The summed E-state index contributed by atoms with van der Waals surface area (Å²) in [6, 6.07) is 13.3. The van der Waals surface area contributed by atoms with Crippen LogP contribution in [0.25, 0.3) is 11.4 Å². The molecule has 31 heavy (non-hydrogen) atoms. The third-order valence-corrected chi connectivity index (χ3v) is 8.90. The second kappa shape index (κ2) is 7.56. The summed E-state index contributed by atoms with van der Waals surface area (Å²) in [5, 5.41) is 4.03. The maximum atomic E-state index is 12.9. The summed E-state index contributed by atoms with van der Waals surface area (Å²) in [4.78, 5) is 22.7. The van der Waals surface area contributed by atoms with Crippen LogP contribution in [0.5, 0.6) is 0 Å². The van der Waals surface area contributed by atoms with Gasteiger partial charge >= 0.3 is 0 Å². The number of amides is 1. The normalized spacial score (nSPS) is 21.2. The molecule has 2 fully saturated rings. The van der Waals surface area contributed by atoms with Crippen molar-refractivity contribution in [2.75, 3.05) is 18.8 Å². The monoisotopic (exact) mass is 438 g/mol. The van der Waals surface area contributed by atoms with Gasteiger partial charge < -0.3 is 9.42 Å². The Labute approximate surface area is 180 Å². The lowest BCUT2D eigenvalue weighted by atomic mass is 9.82. The fraction of sp³-hybridized carbons (Fsp3) is 0.364. The summed E-state index contributed by atoms with van der Waals surface area (Å²) >= 11 is 0. The number of aromatic nitrogens is 3. The zero-order valence-corrected chi connectivity index (χ0v) is 17.7. The smallest absolute Gasteiger partial charge is 0.231 e. The summed E-state index contributed by atoms with van der Waals surface area (Å²) in [6.45, 7) is 0.362. The quantitative estimate of drug-likeness (QED) is 0.601. The van der Waals surface area contributed by atoms with Gasteiger partial charge in [-0.05, 0) is 30.5 Å². The molecule has 0 radical (unpaired) electrons. The van der Waals surface area contributed by atoms with E-state index in [1.165, 1.54) is 0 Å². The molecule has 0 saturated carbocycles. The van der Waals surface area contributed by atoms with Gasteiger partial charge in [0.15, 0.2) is 9.84 Å². The van der Waals surface area contributed by atoms with Gasteiger partial charge in [-0.25, -0.2) is 8.42 Å². The number of carbonyl (C=O) groups excluding carboxylic acids is 1. The highest BCUT2D eigenvalue weighted by Gasteiger charge is 2.64. The predicted molar refractivity (Wildman–Crippen MR) is 113 cm³/mol. The second-order valence-corrected chi connectivity index (χ2v) is 10.6. The van der Waals surface area contributed by atoms with Gasteiger partial charge in [0.2, 0.25) is 17.6 Å². The fourth-order valence-corrected chi connectivity index (χ4v) is 6.86. The van der Waals surface area contributed by atoms with E-state index in [0.717, 1.165) is 11.1 Å². The molecular formula is C22H22N4O4S. The summed E-state index contributed by atoms with van der Waals surface area (Å²) in [5.74, 6) is 0.366. The van der Waals surface area contributed by atoms with Crippen molar-refractivity contribution in [3.63, 3.8) is 0 Å². The van der Waals surface area contributed by atoms with Crippen molar-refractivity contribution in [1.29, 1.82) is 0 Å². The van der Waals surface area contributed by atoms with Crippen molar-refractivity contribution in [3.8, 4) is 11.4 Å². The number of hydrogen-bond donors (Lipinski definition) is 0. The predicted octanol–water partition coefficient (Wildman–Crippen LogP) is 2.25. The van der Waals surface area contributed by atoms with Crippen molar-refractivity contribution in [2.45, 2.75) is 29.9 Å². The van der Waals surface area contributed by atoms with E-state index in [0.29, 0.717) is 31.0 Å². The standard InChI is InChI=1S/C22H22N4O4S/c27-19(7-6-16-4-2-1-3-5-16)26-14-22(15-26)18(10-13-31(22,28)29)21-24-20(25-30-21)17-8-11-23-12-9-17/h1-5,8-9,11-12,18H,6-7,10,13-15H2. The molecule has 1 atom stereocenters. The SMILES string of the molecule is O=C(CCc1ccccc1)N1CC2(C1)C(c1nc(-c3ccncc3)no1)CCS2(=O)=O. The molecule has 2 saturated heterocycles. The van der Waals surface area contributed by atoms with Crippen LogP contribution in [0.15, 0.2) is 59.4 Å². The molecule has 4 heterocycles. The van der Waals surface area contributed by atoms with Gasteiger partial charge in [0, 0.05) is 37.5 Å². The zero-order chi connectivity index (χ0) is 21.5. The van der Waals surface area contributed by atoms with Crippen LogP contribution in [0.2, 0.25) is 0 Å². The van der Waals surface area contributed by atoms with Crippen LogP contribution in [0.1, 0.15) is 30.2 Å². The van der Waals surface area contributed by atoms with Gasteiger partial charge in [-0.15, -0.1) is 0 Å². The van der Waals surface area contributed by atoms with Crippen LogP contribution in [-0.2, 0) is 21.1 Å². The fourth-order valence-electron chi connectivity index (χ4n) is 4.55. The Morgan fingerprint density at radius 2 is 1.87 bits per heavy atom. The molecule has 1 aromatic carbocycles. The topological polar surface area (TPSA) is 106 Å². The van der Waals surface area contributed by atoms with Gasteiger partial charge in [-0.1, -0.05) is 35.5 Å². The molecule has 2 aliphatic heterocycles.